The van der Waals surface area contributed by atoms with Crippen molar-refractivity contribution in [2.24, 2.45) is 7.05 Å². The van der Waals surface area contributed by atoms with Crippen molar-refractivity contribution in [3.63, 3.8) is 0 Å². The van der Waals surface area contributed by atoms with Gasteiger partial charge in [-0.1, -0.05) is 6.07 Å². The van der Waals surface area contributed by atoms with Crippen LogP contribution in [0.25, 0.3) is 0 Å². The summed E-state index contributed by atoms with van der Waals surface area (Å²) >= 11 is 0. The van der Waals surface area contributed by atoms with E-state index < -0.39 is 5.97 Å². The quantitative estimate of drug-likeness (QED) is 0.930. The number of benzene rings is 1. The third kappa shape index (κ3) is 3.04. The number of fused-ring (bicyclic) bond motifs is 1. The largest absolute Gasteiger partial charge is 0.478 e. The number of hydrogen-bond acceptors (Lipinski definition) is 3. The Morgan fingerprint density at radius 1 is 1.24 bits per heavy atom. The molecule has 0 radical (unpaired) electrons. The molecule has 0 saturated carbocycles. The van der Waals surface area contributed by atoms with Crippen LogP contribution in [0.5, 0.6) is 0 Å². The van der Waals surface area contributed by atoms with E-state index in [9.17, 15) is 14.7 Å². The Bertz CT molecular complexity index is 854. The van der Waals surface area contributed by atoms with Gasteiger partial charge in [0, 0.05) is 31.4 Å². The van der Waals surface area contributed by atoms with Gasteiger partial charge < -0.3 is 10.0 Å². The highest BCUT2D eigenvalue weighted by Gasteiger charge is 2.29. The number of carboxylic acid groups (broad SMARTS) is 1. The molecule has 1 unspecified atom stereocenters. The summed E-state index contributed by atoms with van der Waals surface area (Å²) in [4.78, 5) is 26.0. The van der Waals surface area contributed by atoms with E-state index in [0.717, 1.165) is 34.5 Å². The normalized spacial score (nSPS) is 15.0. The lowest BCUT2D eigenvalue weighted by atomic mass is 9.94. The van der Waals surface area contributed by atoms with Crippen molar-refractivity contribution in [3.8, 4) is 0 Å². The molecule has 25 heavy (non-hydrogen) atoms. The van der Waals surface area contributed by atoms with E-state index in [-0.39, 0.29) is 17.4 Å². The second kappa shape index (κ2) is 6.35. The van der Waals surface area contributed by atoms with Crippen LogP contribution >= 0.6 is 0 Å². The fourth-order valence-electron chi connectivity index (χ4n) is 3.69. The summed E-state index contributed by atoms with van der Waals surface area (Å²) in [7, 11) is 1.88. The molecule has 6 heteroatoms. The van der Waals surface area contributed by atoms with Crippen molar-refractivity contribution in [2.75, 3.05) is 6.54 Å². The molecule has 1 atom stereocenters. The summed E-state index contributed by atoms with van der Waals surface area (Å²) < 4.78 is 1.80. The summed E-state index contributed by atoms with van der Waals surface area (Å²) in [5.74, 6) is -1.15. The number of nitrogens with zero attached hydrogens (tertiary/aromatic N) is 3. The molecular weight excluding hydrogens is 318 g/mol. The lowest BCUT2D eigenvalue weighted by Crippen LogP contribution is -2.38. The third-order valence-electron chi connectivity index (χ3n) is 5.15. The second-order valence-corrected chi connectivity index (χ2v) is 6.73. The van der Waals surface area contributed by atoms with Crippen LogP contribution in [0.3, 0.4) is 0 Å². The van der Waals surface area contributed by atoms with E-state index in [1.54, 1.807) is 16.8 Å². The molecule has 1 amide bonds. The summed E-state index contributed by atoms with van der Waals surface area (Å²) in [6, 6.07) is 5.17. The maximum Gasteiger partial charge on any atom is 0.335 e. The van der Waals surface area contributed by atoms with Crippen molar-refractivity contribution in [2.45, 2.75) is 39.7 Å². The van der Waals surface area contributed by atoms with Crippen LogP contribution in [0.1, 0.15) is 51.3 Å². The predicted octanol–water partition coefficient (Wildman–Crippen LogP) is 2.42. The first kappa shape index (κ1) is 17.2. The number of carbonyl (C=O) groups excluding carboxylic acids is 1. The van der Waals surface area contributed by atoms with Gasteiger partial charge in [-0.2, -0.15) is 5.10 Å². The molecule has 1 aliphatic heterocycles. The number of amides is 1. The van der Waals surface area contributed by atoms with E-state index >= 15 is 0 Å². The molecule has 1 aromatic heterocycles. The van der Waals surface area contributed by atoms with Crippen LogP contribution in [-0.4, -0.2) is 38.2 Å². The number of aryl methyl sites for hydroxylation is 2. The fraction of sp³-hybridized carbons (Fsp3) is 0.421. The zero-order valence-corrected chi connectivity index (χ0v) is 15.0. The van der Waals surface area contributed by atoms with Gasteiger partial charge in [0.25, 0.3) is 0 Å². The first-order chi connectivity index (χ1) is 11.8. The number of aromatic carboxylic acids is 1. The number of aromatic nitrogens is 2. The summed E-state index contributed by atoms with van der Waals surface area (Å²) in [5.41, 5.74) is 5.18. The molecule has 0 fully saturated rings. The van der Waals surface area contributed by atoms with Gasteiger partial charge in [-0.05, 0) is 50.5 Å². The molecule has 1 aliphatic rings. The van der Waals surface area contributed by atoms with Crippen molar-refractivity contribution in [1.82, 2.24) is 14.7 Å². The smallest absolute Gasteiger partial charge is 0.335 e. The van der Waals surface area contributed by atoms with Crippen molar-refractivity contribution >= 4 is 11.9 Å². The molecule has 0 saturated heterocycles. The Balaban J connectivity index is 1.84. The average molecular weight is 341 g/mol. The highest BCUT2D eigenvalue weighted by molar-refractivity contribution is 5.88. The molecule has 6 nitrogen and oxygen atoms in total. The Labute approximate surface area is 147 Å². The van der Waals surface area contributed by atoms with Crippen LogP contribution < -0.4 is 0 Å². The summed E-state index contributed by atoms with van der Waals surface area (Å²) in [5, 5.41) is 13.6. The molecule has 2 heterocycles. The van der Waals surface area contributed by atoms with Gasteiger partial charge in [0.05, 0.1) is 17.2 Å². The van der Waals surface area contributed by atoms with Gasteiger partial charge in [-0.25, -0.2) is 4.79 Å². The predicted molar refractivity (Wildman–Crippen MR) is 93.6 cm³/mol. The molecule has 2 aromatic rings. The van der Waals surface area contributed by atoms with Crippen LogP contribution in [0.15, 0.2) is 18.2 Å². The molecule has 0 aliphatic carbocycles. The Morgan fingerprint density at radius 2 is 1.96 bits per heavy atom. The number of carboxylic acids is 1. The third-order valence-corrected chi connectivity index (χ3v) is 5.15. The van der Waals surface area contributed by atoms with Crippen LogP contribution in [0.4, 0.5) is 0 Å². The standard InChI is InChI=1S/C19H23N3O3/c1-11(17-12(2)20-21(4)13(17)3)18(23)22-8-7-14-5-6-15(19(24)25)9-16(14)10-22/h5-6,9,11H,7-8,10H2,1-4H3,(H,24,25). The molecular formula is C19H23N3O3. The highest BCUT2D eigenvalue weighted by Crippen LogP contribution is 2.28. The molecule has 0 bridgehead atoms. The monoisotopic (exact) mass is 341 g/mol. The van der Waals surface area contributed by atoms with Gasteiger partial charge in [0.1, 0.15) is 0 Å². The van der Waals surface area contributed by atoms with Gasteiger partial charge in [-0.15, -0.1) is 0 Å². The topological polar surface area (TPSA) is 75.4 Å². The van der Waals surface area contributed by atoms with E-state index in [2.05, 4.69) is 5.10 Å². The van der Waals surface area contributed by atoms with Crippen LogP contribution in [-0.2, 0) is 24.8 Å². The van der Waals surface area contributed by atoms with E-state index in [1.807, 2.05) is 38.8 Å². The first-order valence-corrected chi connectivity index (χ1v) is 8.43. The number of carbonyl (C=O) groups is 2. The maximum atomic E-state index is 13.0. The van der Waals surface area contributed by atoms with Crippen LogP contribution in [0, 0.1) is 13.8 Å². The molecule has 3 rings (SSSR count). The number of rotatable bonds is 3. The van der Waals surface area contributed by atoms with Gasteiger partial charge in [0.15, 0.2) is 0 Å². The van der Waals surface area contributed by atoms with E-state index in [0.29, 0.717) is 13.1 Å². The van der Waals surface area contributed by atoms with Crippen LogP contribution in [0.2, 0.25) is 0 Å². The lowest BCUT2D eigenvalue weighted by molar-refractivity contribution is -0.133. The van der Waals surface area contributed by atoms with Gasteiger partial charge >= 0.3 is 5.97 Å². The van der Waals surface area contributed by atoms with Crippen molar-refractivity contribution < 1.29 is 14.7 Å². The maximum absolute atomic E-state index is 13.0. The zero-order valence-electron chi connectivity index (χ0n) is 15.0. The van der Waals surface area contributed by atoms with E-state index in [4.69, 9.17) is 0 Å². The van der Waals surface area contributed by atoms with Gasteiger partial charge in [-0.3, -0.25) is 9.48 Å². The minimum absolute atomic E-state index is 0.0607. The lowest BCUT2D eigenvalue weighted by Gasteiger charge is -2.31. The first-order valence-electron chi connectivity index (χ1n) is 8.43. The Morgan fingerprint density at radius 3 is 2.56 bits per heavy atom. The van der Waals surface area contributed by atoms with E-state index in [1.165, 1.54) is 0 Å². The summed E-state index contributed by atoms with van der Waals surface area (Å²) in [6.45, 7) is 6.93. The summed E-state index contributed by atoms with van der Waals surface area (Å²) in [6.07, 6.45) is 0.749. The highest BCUT2D eigenvalue weighted by atomic mass is 16.4. The molecule has 0 spiro atoms. The Hall–Kier alpha value is -2.63. The SMILES string of the molecule is Cc1nn(C)c(C)c1C(C)C(=O)N1CCc2ccc(C(=O)O)cc2C1. The number of hydrogen-bond donors (Lipinski definition) is 1. The average Bonchev–Trinajstić information content (AvgIpc) is 2.84. The minimum atomic E-state index is -0.943. The Kier molecular flexibility index (Phi) is 4.37. The van der Waals surface area contributed by atoms with Crippen molar-refractivity contribution in [1.29, 1.82) is 0 Å². The van der Waals surface area contributed by atoms with Gasteiger partial charge in [0.2, 0.25) is 5.91 Å². The molecule has 1 aromatic carbocycles. The fourth-order valence-corrected chi connectivity index (χ4v) is 3.69. The zero-order chi connectivity index (χ0) is 18.3. The van der Waals surface area contributed by atoms with Crippen molar-refractivity contribution in [3.05, 3.63) is 51.8 Å². The second-order valence-electron chi connectivity index (χ2n) is 6.73. The molecule has 132 valence electrons. The molecule has 1 N–H and O–H groups in total. The minimum Gasteiger partial charge on any atom is -0.478 e.